The van der Waals surface area contributed by atoms with Crippen molar-refractivity contribution in [1.29, 1.82) is 0 Å². The molecular formula is C13H15BrN4O. The van der Waals surface area contributed by atoms with Crippen LogP contribution in [0, 0.1) is 0 Å². The fourth-order valence-electron chi connectivity index (χ4n) is 1.73. The van der Waals surface area contributed by atoms with Crippen LogP contribution in [0.25, 0.3) is 0 Å². The average Bonchev–Trinajstić information content (AvgIpc) is 2.39. The molecule has 0 fully saturated rings. The second kappa shape index (κ2) is 5.88. The van der Waals surface area contributed by atoms with Crippen molar-refractivity contribution in [3.63, 3.8) is 0 Å². The average molecular weight is 323 g/mol. The van der Waals surface area contributed by atoms with Crippen LogP contribution in [0.1, 0.15) is 18.5 Å². The molecule has 1 aromatic carbocycles. The van der Waals surface area contributed by atoms with E-state index in [2.05, 4.69) is 31.2 Å². The number of nitrogen functional groups attached to an aromatic ring is 1. The van der Waals surface area contributed by atoms with Gasteiger partial charge < -0.3 is 15.8 Å². The summed E-state index contributed by atoms with van der Waals surface area (Å²) in [6.07, 6.45) is 1.41. The van der Waals surface area contributed by atoms with Gasteiger partial charge in [0, 0.05) is 4.47 Å². The molecule has 0 radical (unpaired) electrons. The zero-order valence-corrected chi connectivity index (χ0v) is 12.3. The highest BCUT2D eigenvalue weighted by Crippen LogP contribution is 2.29. The van der Waals surface area contributed by atoms with Gasteiger partial charge in [0.25, 0.3) is 0 Å². The van der Waals surface area contributed by atoms with Crippen LogP contribution < -0.4 is 15.8 Å². The van der Waals surface area contributed by atoms with Crippen molar-refractivity contribution < 1.29 is 4.74 Å². The number of rotatable bonds is 4. The van der Waals surface area contributed by atoms with E-state index < -0.39 is 0 Å². The van der Waals surface area contributed by atoms with Crippen LogP contribution in [0.3, 0.4) is 0 Å². The summed E-state index contributed by atoms with van der Waals surface area (Å²) < 4.78 is 6.26. The number of nitrogens with zero attached hydrogens (tertiary/aromatic N) is 2. The highest BCUT2D eigenvalue weighted by molar-refractivity contribution is 9.10. The minimum Gasteiger partial charge on any atom is -0.490 e. The van der Waals surface area contributed by atoms with E-state index in [9.17, 15) is 0 Å². The largest absolute Gasteiger partial charge is 0.490 e. The van der Waals surface area contributed by atoms with E-state index in [0.717, 1.165) is 10.0 Å². The number of nitrogens with one attached hydrogen (secondary N) is 1. The first kappa shape index (κ1) is 13.6. The third-order valence-corrected chi connectivity index (χ3v) is 3.29. The molecule has 0 spiro atoms. The monoisotopic (exact) mass is 322 g/mol. The Labute approximate surface area is 120 Å². The normalized spacial score (nSPS) is 11.9. The molecule has 0 saturated carbocycles. The number of nitrogens with two attached hydrogens (primary N) is 1. The third kappa shape index (κ3) is 3.14. The molecule has 5 nitrogen and oxygen atoms in total. The summed E-state index contributed by atoms with van der Waals surface area (Å²) >= 11 is 3.42. The van der Waals surface area contributed by atoms with Gasteiger partial charge >= 0.3 is 0 Å². The Bertz CT molecular complexity index is 559. The minimum atomic E-state index is 0.0799. The molecule has 100 valence electrons. The molecule has 0 bridgehead atoms. The number of ether oxygens (including phenoxy) is 1. The fourth-order valence-corrected chi connectivity index (χ4v) is 2.00. The fraction of sp³-hybridized carbons (Fsp3) is 0.231. The van der Waals surface area contributed by atoms with Crippen molar-refractivity contribution in [2.45, 2.75) is 13.0 Å². The van der Waals surface area contributed by atoms with Crippen LogP contribution in [0.4, 0.5) is 11.6 Å². The van der Waals surface area contributed by atoms with E-state index in [1.54, 1.807) is 7.11 Å². The third-order valence-electron chi connectivity index (χ3n) is 2.76. The molecule has 0 amide bonds. The number of methoxy groups -OCH3 is 1. The maximum absolute atomic E-state index is 5.74. The van der Waals surface area contributed by atoms with Gasteiger partial charge in [0.2, 0.25) is 5.75 Å². The van der Waals surface area contributed by atoms with Gasteiger partial charge in [-0.1, -0.05) is 28.1 Å². The second-order valence-electron chi connectivity index (χ2n) is 4.06. The number of benzene rings is 1. The summed E-state index contributed by atoms with van der Waals surface area (Å²) in [7, 11) is 1.55. The quantitative estimate of drug-likeness (QED) is 0.905. The molecule has 0 aliphatic carbocycles. The lowest BCUT2D eigenvalue weighted by molar-refractivity contribution is 0.415. The van der Waals surface area contributed by atoms with Gasteiger partial charge in [-0.3, -0.25) is 0 Å². The first-order valence-corrected chi connectivity index (χ1v) is 6.57. The molecule has 1 aromatic heterocycles. The van der Waals surface area contributed by atoms with E-state index in [1.807, 2.05) is 31.2 Å². The summed E-state index contributed by atoms with van der Waals surface area (Å²) in [5.41, 5.74) is 6.88. The Morgan fingerprint density at radius 1 is 1.26 bits per heavy atom. The summed E-state index contributed by atoms with van der Waals surface area (Å²) in [4.78, 5) is 8.05. The maximum Gasteiger partial charge on any atom is 0.203 e. The van der Waals surface area contributed by atoms with E-state index in [0.29, 0.717) is 17.4 Å². The lowest BCUT2D eigenvalue weighted by Crippen LogP contribution is -2.10. The SMILES string of the molecule is COc1c(N)ncnc1NC(C)c1ccc(Br)cc1. The predicted octanol–water partition coefficient (Wildman–Crippen LogP) is 3.00. The van der Waals surface area contributed by atoms with Gasteiger partial charge in [0.1, 0.15) is 6.33 Å². The molecule has 1 heterocycles. The zero-order chi connectivity index (χ0) is 13.8. The predicted molar refractivity (Wildman–Crippen MR) is 79.2 cm³/mol. The topological polar surface area (TPSA) is 73.1 Å². The highest BCUT2D eigenvalue weighted by atomic mass is 79.9. The maximum atomic E-state index is 5.74. The highest BCUT2D eigenvalue weighted by Gasteiger charge is 2.13. The minimum absolute atomic E-state index is 0.0799. The van der Waals surface area contributed by atoms with E-state index in [-0.39, 0.29) is 6.04 Å². The Morgan fingerprint density at radius 2 is 1.95 bits per heavy atom. The van der Waals surface area contributed by atoms with Gasteiger partial charge in [-0.15, -0.1) is 0 Å². The van der Waals surface area contributed by atoms with Crippen molar-refractivity contribution in [3.05, 3.63) is 40.6 Å². The van der Waals surface area contributed by atoms with Gasteiger partial charge in [-0.2, -0.15) is 0 Å². The Balaban J connectivity index is 2.21. The van der Waals surface area contributed by atoms with Crippen molar-refractivity contribution in [3.8, 4) is 5.75 Å². The van der Waals surface area contributed by atoms with Crippen molar-refractivity contribution in [2.75, 3.05) is 18.2 Å². The number of aromatic nitrogens is 2. The first-order valence-electron chi connectivity index (χ1n) is 5.78. The standard InChI is InChI=1S/C13H15BrN4O/c1-8(9-3-5-10(14)6-4-9)18-13-11(19-2)12(15)16-7-17-13/h3-8H,1-2H3,(H3,15,16,17,18). The molecule has 2 aromatic rings. The van der Waals surface area contributed by atoms with Crippen molar-refractivity contribution in [2.24, 2.45) is 0 Å². The summed E-state index contributed by atoms with van der Waals surface area (Å²) in [5.74, 6) is 1.37. The number of hydrogen-bond donors (Lipinski definition) is 2. The lowest BCUT2D eigenvalue weighted by Gasteiger charge is -2.17. The van der Waals surface area contributed by atoms with E-state index >= 15 is 0 Å². The van der Waals surface area contributed by atoms with Crippen molar-refractivity contribution in [1.82, 2.24) is 9.97 Å². The van der Waals surface area contributed by atoms with Gasteiger partial charge in [-0.05, 0) is 24.6 Å². The second-order valence-corrected chi connectivity index (χ2v) is 4.97. The lowest BCUT2D eigenvalue weighted by atomic mass is 10.1. The molecule has 19 heavy (non-hydrogen) atoms. The van der Waals surface area contributed by atoms with Crippen LogP contribution >= 0.6 is 15.9 Å². The summed E-state index contributed by atoms with van der Waals surface area (Å²) in [6.45, 7) is 2.04. The molecule has 1 unspecified atom stereocenters. The summed E-state index contributed by atoms with van der Waals surface area (Å²) in [6, 6.07) is 8.16. The molecule has 6 heteroatoms. The molecule has 0 aliphatic heterocycles. The Hall–Kier alpha value is -1.82. The van der Waals surface area contributed by atoms with E-state index in [1.165, 1.54) is 6.33 Å². The number of halogens is 1. The Kier molecular flexibility index (Phi) is 4.21. The van der Waals surface area contributed by atoms with Gasteiger partial charge in [-0.25, -0.2) is 9.97 Å². The van der Waals surface area contributed by atoms with Crippen LogP contribution in [0.5, 0.6) is 5.75 Å². The summed E-state index contributed by atoms with van der Waals surface area (Å²) in [5, 5.41) is 3.27. The van der Waals surface area contributed by atoms with Crippen LogP contribution in [0.15, 0.2) is 35.1 Å². The number of hydrogen-bond acceptors (Lipinski definition) is 5. The molecule has 3 N–H and O–H groups in total. The first-order chi connectivity index (χ1) is 9.11. The molecule has 2 rings (SSSR count). The molecule has 1 atom stereocenters. The molecular weight excluding hydrogens is 308 g/mol. The van der Waals surface area contributed by atoms with Crippen LogP contribution in [-0.4, -0.2) is 17.1 Å². The molecule has 0 aliphatic rings. The van der Waals surface area contributed by atoms with Crippen LogP contribution in [-0.2, 0) is 0 Å². The van der Waals surface area contributed by atoms with Gasteiger partial charge in [0.05, 0.1) is 13.2 Å². The van der Waals surface area contributed by atoms with Crippen LogP contribution in [0.2, 0.25) is 0 Å². The zero-order valence-electron chi connectivity index (χ0n) is 10.7. The van der Waals surface area contributed by atoms with Gasteiger partial charge in [0.15, 0.2) is 11.6 Å². The Morgan fingerprint density at radius 3 is 2.58 bits per heavy atom. The number of anilines is 2. The smallest absolute Gasteiger partial charge is 0.203 e. The van der Waals surface area contributed by atoms with E-state index in [4.69, 9.17) is 10.5 Å². The molecule has 0 saturated heterocycles. The van der Waals surface area contributed by atoms with Crippen molar-refractivity contribution >= 4 is 27.6 Å².